The molecule has 0 fully saturated rings. The lowest BCUT2D eigenvalue weighted by Gasteiger charge is -2.18. The van der Waals surface area contributed by atoms with E-state index in [2.05, 4.69) is 4.98 Å². The Kier molecular flexibility index (Phi) is 3.14. The first-order chi connectivity index (χ1) is 9.70. The Morgan fingerprint density at radius 3 is 2.90 bits per heavy atom. The largest absolute Gasteiger partial charge is 0.496 e. The first-order valence-corrected chi connectivity index (χ1v) is 6.51. The predicted molar refractivity (Wildman–Crippen MR) is 74.9 cm³/mol. The topological polar surface area (TPSA) is 48.4 Å². The number of cyclic esters (lactones) is 1. The molecule has 0 amide bonds. The molecule has 4 nitrogen and oxygen atoms in total. The molecule has 0 spiro atoms. The summed E-state index contributed by atoms with van der Waals surface area (Å²) < 4.78 is 10.4. The molecule has 2 aromatic rings. The molecule has 1 aromatic carbocycles. The van der Waals surface area contributed by atoms with Crippen molar-refractivity contribution < 1.29 is 14.3 Å². The molecule has 0 unspecified atom stereocenters. The number of carbonyl (C=O) groups is 1. The zero-order valence-electron chi connectivity index (χ0n) is 11.5. The van der Waals surface area contributed by atoms with E-state index in [9.17, 15) is 4.79 Å². The Balaban J connectivity index is 2.17. The minimum atomic E-state index is -0.275. The van der Waals surface area contributed by atoms with Gasteiger partial charge >= 0.3 is 5.97 Å². The molecule has 0 saturated heterocycles. The lowest BCUT2D eigenvalue weighted by molar-refractivity contribution is 0.0478. The van der Waals surface area contributed by atoms with E-state index in [1.807, 2.05) is 37.3 Å². The number of benzene rings is 1. The maximum atomic E-state index is 11.8. The van der Waals surface area contributed by atoms with E-state index >= 15 is 0 Å². The summed E-state index contributed by atoms with van der Waals surface area (Å²) in [6.07, 6.45) is 0.729. The summed E-state index contributed by atoms with van der Waals surface area (Å²) in [4.78, 5) is 16.3. The highest BCUT2D eigenvalue weighted by atomic mass is 16.5. The van der Waals surface area contributed by atoms with Crippen LogP contribution in [0.2, 0.25) is 0 Å². The van der Waals surface area contributed by atoms with Gasteiger partial charge in [-0.2, -0.15) is 0 Å². The Hall–Kier alpha value is -2.36. The van der Waals surface area contributed by atoms with E-state index in [4.69, 9.17) is 9.47 Å². The fourth-order valence-corrected chi connectivity index (χ4v) is 2.53. The summed E-state index contributed by atoms with van der Waals surface area (Å²) in [6, 6.07) is 9.70. The summed E-state index contributed by atoms with van der Waals surface area (Å²) >= 11 is 0. The molecule has 4 heteroatoms. The van der Waals surface area contributed by atoms with Crippen LogP contribution in [0.5, 0.6) is 5.75 Å². The number of methoxy groups -OCH3 is 1. The second-order valence-corrected chi connectivity index (χ2v) is 4.71. The van der Waals surface area contributed by atoms with Gasteiger partial charge in [-0.3, -0.25) is 4.98 Å². The van der Waals surface area contributed by atoms with Gasteiger partial charge in [0.25, 0.3) is 0 Å². The number of nitrogens with zero attached hydrogens (tertiary/aromatic N) is 1. The van der Waals surface area contributed by atoms with Crippen LogP contribution in [-0.2, 0) is 11.2 Å². The van der Waals surface area contributed by atoms with Crippen LogP contribution in [0.3, 0.4) is 0 Å². The fraction of sp³-hybridized carbons (Fsp3) is 0.250. The van der Waals surface area contributed by atoms with Gasteiger partial charge in [0.05, 0.1) is 30.7 Å². The van der Waals surface area contributed by atoms with Gasteiger partial charge in [0, 0.05) is 12.0 Å². The molecule has 1 aromatic heterocycles. The van der Waals surface area contributed by atoms with Crippen molar-refractivity contribution in [2.24, 2.45) is 0 Å². The third-order valence-electron chi connectivity index (χ3n) is 3.47. The number of hydrogen-bond acceptors (Lipinski definition) is 4. The Morgan fingerprint density at radius 1 is 1.30 bits per heavy atom. The number of hydrogen-bond donors (Lipinski definition) is 0. The number of aromatic nitrogens is 1. The summed E-state index contributed by atoms with van der Waals surface area (Å²) in [5.74, 6) is 0.501. The van der Waals surface area contributed by atoms with Crippen molar-refractivity contribution in [1.82, 2.24) is 4.98 Å². The summed E-state index contributed by atoms with van der Waals surface area (Å²) in [5, 5.41) is 0. The fourth-order valence-electron chi connectivity index (χ4n) is 2.53. The van der Waals surface area contributed by atoms with Crippen LogP contribution >= 0.6 is 0 Å². The molecular formula is C16H15NO3. The van der Waals surface area contributed by atoms with Gasteiger partial charge in [0.1, 0.15) is 5.75 Å². The molecular weight excluding hydrogens is 254 g/mol. The molecule has 3 rings (SSSR count). The van der Waals surface area contributed by atoms with Crippen molar-refractivity contribution in [2.45, 2.75) is 13.3 Å². The predicted octanol–water partition coefficient (Wildman–Crippen LogP) is 2.78. The van der Waals surface area contributed by atoms with Crippen molar-refractivity contribution in [1.29, 1.82) is 0 Å². The minimum absolute atomic E-state index is 0.275. The number of carbonyl (C=O) groups excluding carboxylic acids is 1. The van der Waals surface area contributed by atoms with Gasteiger partial charge in [-0.05, 0) is 30.7 Å². The molecule has 1 aliphatic rings. The number of rotatable bonds is 2. The maximum Gasteiger partial charge on any atom is 0.340 e. The summed E-state index contributed by atoms with van der Waals surface area (Å²) in [7, 11) is 1.64. The van der Waals surface area contributed by atoms with Crippen molar-refractivity contribution in [3.63, 3.8) is 0 Å². The standard InChI is InChI=1S/C16H15NO3/c1-10-15-11(7-8-20-16(15)18)9-13(17-10)12-5-3-4-6-14(12)19-2/h3-6,9H,7-8H2,1-2H3. The second-order valence-electron chi connectivity index (χ2n) is 4.71. The van der Waals surface area contributed by atoms with Crippen molar-refractivity contribution in [3.8, 4) is 17.0 Å². The third-order valence-corrected chi connectivity index (χ3v) is 3.47. The van der Waals surface area contributed by atoms with Crippen molar-refractivity contribution >= 4 is 5.97 Å². The molecule has 0 radical (unpaired) electrons. The number of pyridine rings is 1. The number of esters is 1. The van der Waals surface area contributed by atoms with E-state index in [0.717, 1.165) is 29.0 Å². The van der Waals surface area contributed by atoms with Crippen molar-refractivity contribution in [3.05, 3.63) is 47.2 Å². The average Bonchev–Trinajstić information content (AvgIpc) is 2.47. The SMILES string of the molecule is COc1ccccc1-c1cc2c(c(C)n1)C(=O)OCC2. The van der Waals surface area contributed by atoms with E-state index in [1.54, 1.807) is 7.11 Å². The lowest BCUT2D eigenvalue weighted by atomic mass is 9.98. The number of ether oxygens (including phenoxy) is 2. The molecule has 0 aliphatic carbocycles. The van der Waals surface area contributed by atoms with Gasteiger partial charge in [-0.15, -0.1) is 0 Å². The van der Waals surface area contributed by atoms with Gasteiger partial charge in [-0.25, -0.2) is 4.79 Å². The van der Waals surface area contributed by atoms with Crippen LogP contribution in [0.25, 0.3) is 11.3 Å². The zero-order valence-corrected chi connectivity index (χ0v) is 11.5. The minimum Gasteiger partial charge on any atom is -0.496 e. The normalized spacial score (nSPS) is 13.6. The van der Waals surface area contributed by atoms with Gasteiger partial charge in [0.15, 0.2) is 0 Å². The number of para-hydroxylation sites is 1. The first kappa shape index (κ1) is 12.7. The summed E-state index contributed by atoms with van der Waals surface area (Å²) in [6.45, 7) is 2.27. The van der Waals surface area contributed by atoms with Crippen LogP contribution in [-0.4, -0.2) is 24.7 Å². The molecule has 2 heterocycles. The van der Waals surface area contributed by atoms with Crippen LogP contribution in [0.15, 0.2) is 30.3 Å². The van der Waals surface area contributed by atoms with Crippen LogP contribution in [0.4, 0.5) is 0 Å². The molecule has 1 aliphatic heterocycles. The Labute approximate surface area is 117 Å². The van der Waals surface area contributed by atoms with Gasteiger partial charge < -0.3 is 9.47 Å². The van der Waals surface area contributed by atoms with Gasteiger partial charge in [-0.1, -0.05) is 12.1 Å². The molecule has 0 N–H and O–H groups in total. The zero-order chi connectivity index (χ0) is 14.1. The monoisotopic (exact) mass is 269 g/mol. The highest BCUT2D eigenvalue weighted by Crippen LogP contribution is 2.31. The molecule has 102 valence electrons. The molecule has 0 saturated carbocycles. The highest BCUT2D eigenvalue weighted by molar-refractivity contribution is 5.93. The lowest BCUT2D eigenvalue weighted by Crippen LogP contribution is -2.20. The maximum absolute atomic E-state index is 11.8. The van der Waals surface area contributed by atoms with Crippen LogP contribution in [0.1, 0.15) is 21.6 Å². The molecule has 20 heavy (non-hydrogen) atoms. The Morgan fingerprint density at radius 2 is 2.10 bits per heavy atom. The molecule has 0 bridgehead atoms. The van der Waals surface area contributed by atoms with E-state index in [0.29, 0.717) is 17.9 Å². The number of fused-ring (bicyclic) bond motifs is 1. The molecule has 0 atom stereocenters. The first-order valence-electron chi connectivity index (χ1n) is 6.51. The van der Waals surface area contributed by atoms with E-state index in [-0.39, 0.29) is 5.97 Å². The summed E-state index contributed by atoms with van der Waals surface area (Å²) in [5.41, 5.74) is 4.06. The highest BCUT2D eigenvalue weighted by Gasteiger charge is 2.23. The van der Waals surface area contributed by atoms with E-state index < -0.39 is 0 Å². The van der Waals surface area contributed by atoms with Crippen molar-refractivity contribution in [2.75, 3.05) is 13.7 Å². The second kappa shape index (κ2) is 4.96. The number of aryl methyl sites for hydroxylation is 1. The van der Waals surface area contributed by atoms with E-state index in [1.165, 1.54) is 0 Å². The Bertz CT molecular complexity index is 679. The van der Waals surface area contributed by atoms with Gasteiger partial charge in [0.2, 0.25) is 0 Å². The van der Waals surface area contributed by atoms with Crippen LogP contribution in [0, 0.1) is 6.92 Å². The van der Waals surface area contributed by atoms with Crippen LogP contribution < -0.4 is 4.74 Å². The average molecular weight is 269 g/mol. The third kappa shape index (κ3) is 2.03. The smallest absolute Gasteiger partial charge is 0.340 e. The quantitative estimate of drug-likeness (QED) is 0.787.